The topological polar surface area (TPSA) is 143 Å². The number of carbonyl (C=O) groups is 1. The average Bonchev–Trinajstić information content (AvgIpc) is 3.40. The van der Waals surface area contributed by atoms with Crippen molar-refractivity contribution in [2.75, 3.05) is 18.4 Å². The van der Waals surface area contributed by atoms with Gasteiger partial charge in [0.15, 0.2) is 9.84 Å². The monoisotopic (exact) mass is 579 g/mol. The predicted molar refractivity (Wildman–Crippen MR) is 153 cm³/mol. The molecule has 1 fully saturated rings. The first kappa shape index (κ1) is 28.1. The Labute approximate surface area is 236 Å². The molecule has 1 saturated heterocycles. The number of amides is 1. The summed E-state index contributed by atoms with van der Waals surface area (Å²) < 4.78 is 45.7. The van der Waals surface area contributed by atoms with Crippen molar-refractivity contribution in [3.63, 3.8) is 0 Å². The van der Waals surface area contributed by atoms with Crippen molar-refractivity contribution in [1.82, 2.24) is 30.3 Å². The van der Waals surface area contributed by atoms with Gasteiger partial charge < -0.3 is 15.0 Å². The highest BCUT2D eigenvalue weighted by atomic mass is 32.2. The number of hydrogen-bond donors (Lipinski definition) is 2. The molecule has 0 saturated carbocycles. The van der Waals surface area contributed by atoms with Gasteiger partial charge in [0.05, 0.1) is 10.1 Å². The zero-order valence-corrected chi connectivity index (χ0v) is 23.7. The van der Waals surface area contributed by atoms with Gasteiger partial charge in [-0.2, -0.15) is 15.4 Å². The van der Waals surface area contributed by atoms with E-state index in [0.29, 0.717) is 59.7 Å². The van der Waals surface area contributed by atoms with E-state index in [1.165, 1.54) is 12.1 Å². The molecular weight excluding hydrogens is 549 g/mol. The first-order valence-corrected chi connectivity index (χ1v) is 14.6. The normalized spacial score (nSPS) is 15.0. The molecule has 41 heavy (non-hydrogen) atoms. The summed E-state index contributed by atoms with van der Waals surface area (Å²) in [5, 5.41) is 12.9. The van der Waals surface area contributed by atoms with Crippen LogP contribution in [0.2, 0.25) is 0 Å². The van der Waals surface area contributed by atoms with Gasteiger partial charge in [0, 0.05) is 48.4 Å². The highest BCUT2D eigenvalue weighted by Crippen LogP contribution is 2.27. The third kappa shape index (κ3) is 6.68. The summed E-state index contributed by atoms with van der Waals surface area (Å²) >= 11 is 0. The van der Waals surface area contributed by atoms with Crippen LogP contribution in [0.1, 0.15) is 44.7 Å². The van der Waals surface area contributed by atoms with Crippen molar-refractivity contribution in [2.24, 2.45) is 0 Å². The molecule has 214 valence electrons. The van der Waals surface area contributed by atoms with E-state index >= 15 is 0 Å². The first-order chi connectivity index (χ1) is 19.5. The van der Waals surface area contributed by atoms with Crippen LogP contribution in [-0.2, 0) is 14.6 Å². The van der Waals surface area contributed by atoms with E-state index in [1.807, 2.05) is 0 Å². The number of sulfone groups is 1. The fourth-order valence-corrected chi connectivity index (χ4v) is 6.20. The van der Waals surface area contributed by atoms with Gasteiger partial charge in [0.1, 0.15) is 22.5 Å². The van der Waals surface area contributed by atoms with Gasteiger partial charge in [0.25, 0.3) is 0 Å². The molecule has 1 aliphatic rings. The number of halogens is 1. The average molecular weight is 580 g/mol. The molecule has 2 N–H and O–H groups in total. The Morgan fingerprint density at radius 1 is 1.07 bits per heavy atom. The standard InChI is InChI=1S/C28H30FN7O4S/c1-28(2,3)40-27(37)36-12-10-23(11-13-36)41(38,39)22-8-6-21(7-9-22)32-26-30-16-18(17-31-26)4-5-19-14-20(29)15-24-25(19)34-35-33-24/h4-9,14-17,23H,10-13H2,1-3H3,(H,30,31,32)(H,33,34,35). The molecule has 11 nitrogen and oxygen atoms in total. The minimum atomic E-state index is -3.56. The number of ether oxygens (including phenoxy) is 1. The van der Waals surface area contributed by atoms with Crippen molar-refractivity contribution >= 4 is 50.8 Å². The molecule has 2 aromatic heterocycles. The molecule has 0 atom stereocenters. The van der Waals surface area contributed by atoms with Gasteiger partial charge in [-0.25, -0.2) is 27.6 Å². The third-order valence-electron chi connectivity index (χ3n) is 6.51. The first-order valence-electron chi connectivity index (χ1n) is 13.1. The van der Waals surface area contributed by atoms with Crippen LogP contribution in [0.4, 0.5) is 20.8 Å². The van der Waals surface area contributed by atoms with Crippen molar-refractivity contribution in [2.45, 2.75) is 49.4 Å². The van der Waals surface area contributed by atoms with Crippen LogP contribution in [0.5, 0.6) is 0 Å². The molecule has 3 heterocycles. The second kappa shape index (κ2) is 11.2. The number of anilines is 2. The summed E-state index contributed by atoms with van der Waals surface area (Å²) in [4.78, 5) is 22.7. The van der Waals surface area contributed by atoms with Gasteiger partial charge in [-0.15, -0.1) is 0 Å². The number of likely N-dealkylation sites (tertiary alicyclic amines) is 1. The van der Waals surface area contributed by atoms with Crippen molar-refractivity contribution < 1.29 is 22.3 Å². The SMILES string of the molecule is CC(C)(C)OC(=O)N1CCC(S(=O)(=O)c2ccc(Nc3ncc(C=Cc4cc(F)cc5n[nH]nc45)cn3)cc2)CC1. The third-order valence-corrected chi connectivity index (χ3v) is 8.79. The highest BCUT2D eigenvalue weighted by molar-refractivity contribution is 7.92. The number of aromatic nitrogens is 5. The summed E-state index contributed by atoms with van der Waals surface area (Å²) in [5.41, 5.74) is 2.27. The zero-order valence-electron chi connectivity index (χ0n) is 22.8. The number of hydrogen-bond acceptors (Lipinski definition) is 9. The molecule has 13 heteroatoms. The molecule has 0 spiro atoms. The van der Waals surface area contributed by atoms with Crippen molar-refractivity contribution in [3.8, 4) is 0 Å². The lowest BCUT2D eigenvalue weighted by molar-refractivity contribution is 0.0217. The molecule has 0 unspecified atom stereocenters. The van der Waals surface area contributed by atoms with Gasteiger partial charge in [-0.05, 0) is 63.9 Å². The summed E-state index contributed by atoms with van der Waals surface area (Å²) in [6.07, 6.45) is 6.93. The Kier molecular flexibility index (Phi) is 7.72. The lowest BCUT2D eigenvalue weighted by atomic mass is 10.1. The predicted octanol–water partition coefficient (Wildman–Crippen LogP) is 4.97. The maximum atomic E-state index is 13.8. The van der Waals surface area contributed by atoms with Crippen LogP contribution in [0.25, 0.3) is 23.2 Å². The zero-order chi connectivity index (χ0) is 29.2. The Morgan fingerprint density at radius 2 is 1.76 bits per heavy atom. The summed E-state index contributed by atoms with van der Waals surface area (Å²) in [5.74, 6) is -0.0823. The molecule has 4 aromatic rings. The number of carbonyl (C=O) groups excluding carboxylic acids is 1. The van der Waals surface area contributed by atoms with Crippen LogP contribution in [0.3, 0.4) is 0 Å². The van der Waals surface area contributed by atoms with Crippen molar-refractivity contribution in [3.05, 3.63) is 65.7 Å². The largest absolute Gasteiger partial charge is 0.444 e. The van der Waals surface area contributed by atoms with Crippen LogP contribution < -0.4 is 5.32 Å². The van der Waals surface area contributed by atoms with E-state index < -0.39 is 32.6 Å². The smallest absolute Gasteiger partial charge is 0.410 e. The number of nitrogens with zero attached hydrogens (tertiary/aromatic N) is 5. The summed E-state index contributed by atoms with van der Waals surface area (Å²) in [7, 11) is -3.56. The molecule has 0 aliphatic carbocycles. The van der Waals surface area contributed by atoms with Crippen LogP contribution in [0, 0.1) is 5.82 Å². The van der Waals surface area contributed by atoms with Gasteiger partial charge in [-0.1, -0.05) is 12.2 Å². The van der Waals surface area contributed by atoms with E-state index in [9.17, 15) is 17.6 Å². The minimum absolute atomic E-state index is 0.221. The molecule has 2 aromatic carbocycles. The molecular formula is C28H30FN7O4S. The van der Waals surface area contributed by atoms with Crippen LogP contribution >= 0.6 is 0 Å². The number of benzene rings is 2. The van der Waals surface area contributed by atoms with Crippen LogP contribution in [-0.4, -0.2) is 68.7 Å². The highest BCUT2D eigenvalue weighted by Gasteiger charge is 2.34. The number of aromatic amines is 1. The molecule has 1 aliphatic heterocycles. The van der Waals surface area contributed by atoms with Gasteiger partial charge in [-0.3, -0.25) is 0 Å². The second-order valence-corrected chi connectivity index (χ2v) is 12.9. The summed E-state index contributed by atoms with van der Waals surface area (Å²) in [6.45, 7) is 6.05. The number of H-pyrrole nitrogens is 1. The maximum Gasteiger partial charge on any atom is 0.410 e. The van der Waals surface area contributed by atoms with Crippen LogP contribution in [0.15, 0.2) is 53.7 Å². The lowest BCUT2D eigenvalue weighted by Gasteiger charge is -2.33. The van der Waals surface area contributed by atoms with E-state index in [2.05, 4.69) is 30.7 Å². The maximum absolute atomic E-state index is 13.8. The number of rotatable bonds is 6. The number of nitrogens with one attached hydrogen (secondary N) is 2. The molecule has 0 radical (unpaired) electrons. The van der Waals surface area contributed by atoms with E-state index in [0.717, 1.165) is 0 Å². The van der Waals surface area contributed by atoms with E-state index in [4.69, 9.17) is 4.74 Å². The fraction of sp³-hybridized carbons (Fsp3) is 0.321. The Bertz CT molecular complexity index is 1670. The Balaban J connectivity index is 1.18. The second-order valence-electron chi connectivity index (χ2n) is 10.7. The fourth-order valence-electron chi connectivity index (χ4n) is 4.47. The molecule has 1 amide bonds. The van der Waals surface area contributed by atoms with Gasteiger partial charge in [0.2, 0.25) is 5.95 Å². The van der Waals surface area contributed by atoms with Gasteiger partial charge >= 0.3 is 6.09 Å². The minimum Gasteiger partial charge on any atom is -0.444 e. The molecule has 5 rings (SSSR count). The van der Waals surface area contributed by atoms with Crippen molar-refractivity contribution in [1.29, 1.82) is 0 Å². The quantitative estimate of drug-likeness (QED) is 0.323. The Hall–Kier alpha value is -4.39. The number of piperidine rings is 1. The lowest BCUT2D eigenvalue weighted by Crippen LogP contribution is -2.44. The van der Waals surface area contributed by atoms with E-state index in [1.54, 1.807) is 74.5 Å². The summed E-state index contributed by atoms with van der Waals surface area (Å²) in [6, 6.07) is 9.10. The van der Waals surface area contributed by atoms with E-state index in [-0.39, 0.29) is 4.90 Å². The Morgan fingerprint density at radius 3 is 2.41 bits per heavy atom. The number of fused-ring (bicyclic) bond motifs is 1. The molecule has 0 bridgehead atoms.